The van der Waals surface area contributed by atoms with Gasteiger partial charge >= 0.3 is 5.69 Å². The Bertz CT molecular complexity index is 690. The van der Waals surface area contributed by atoms with Crippen LogP contribution in [-0.4, -0.2) is 37.1 Å². The Kier molecular flexibility index (Phi) is 6.21. The van der Waals surface area contributed by atoms with Crippen LogP contribution in [0.5, 0.6) is 23.0 Å². The summed E-state index contributed by atoms with van der Waals surface area (Å²) < 4.78 is 20.7. The molecule has 0 unspecified atom stereocenters. The first-order chi connectivity index (χ1) is 11.6. The van der Waals surface area contributed by atoms with E-state index in [1.807, 2.05) is 0 Å². The first kappa shape index (κ1) is 17.4. The van der Waals surface area contributed by atoms with E-state index in [0.717, 1.165) is 0 Å². The van der Waals surface area contributed by atoms with Gasteiger partial charge in [-0.3, -0.25) is 10.1 Å². The molecule has 128 valence electrons. The smallest absolute Gasteiger partial charge is 0.310 e. The van der Waals surface area contributed by atoms with Gasteiger partial charge < -0.3 is 24.1 Å². The van der Waals surface area contributed by atoms with E-state index in [2.05, 4.69) is 0 Å². The number of hydrogen-bond donors (Lipinski definition) is 1. The summed E-state index contributed by atoms with van der Waals surface area (Å²) in [7, 11) is 1.47. The van der Waals surface area contributed by atoms with Gasteiger partial charge in [0.15, 0.2) is 24.0 Å². The van der Waals surface area contributed by atoms with Gasteiger partial charge in [-0.1, -0.05) is 18.2 Å². The molecule has 0 aromatic heterocycles. The third-order valence-electron chi connectivity index (χ3n) is 2.95. The highest BCUT2D eigenvalue weighted by atomic mass is 16.7. The number of nitro groups is 1. The number of rotatable bonds is 9. The van der Waals surface area contributed by atoms with Gasteiger partial charge in [0.25, 0.3) is 0 Å². The minimum atomic E-state index is -0.515. The number of nitro benzene ring substituents is 1. The van der Waals surface area contributed by atoms with Crippen LogP contribution in [0.4, 0.5) is 5.69 Å². The first-order valence-electron chi connectivity index (χ1n) is 7.06. The average molecular weight is 335 g/mol. The molecule has 2 aromatic rings. The van der Waals surface area contributed by atoms with Crippen molar-refractivity contribution in [1.29, 1.82) is 0 Å². The fourth-order valence-electron chi connectivity index (χ4n) is 1.89. The van der Waals surface area contributed by atoms with E-state index in [4.69, 9.17) is 18.9 Å². The highest BCUT2D eigenvalue weighted by Crippen LogP contribution is 2.35. The molecule has 0 aliphatic carbocycles. The van der Waals surface area contributed by atoms with Crippen molar-refractivity contribution in [3.63, 3.8) is 0 Å². The van der Waals surface area contributed by atoms with Crippen molar-refractivity contribution in [1.82, 2.24) is 0 Å². The number of benzene rings is 2. The lowest BCUT2D eigenvalue weighted by molar-refractivity contribution is -0.385. The molecule has 0 heterocycles. The lowest BCUT2D eigenvalue weighted by atomic mass is 10.3. The molecule has 0 aliphatic rings. The zero-order chi connectivity index (χ0) is 17.4. The molecule has 8 heteroatoms. The number of phenolic OH excluding ortho intramolecular Hbond substituents is 1. The van der Waals surface area contributed by atoms with Gasteiger partial charge in [-0.05, 0) is 18.2 Å². The average Bonchev–Trinajstić information content (AvgIpc) is 2.59. The quantitative estimate of drug-likeness (QED) is 0.325. The van der Waals surface area contributed by atoms with E-state index in [0.29, 0.717) is 0 Å². The van der Waals surface area contributed by atoms with Gasteiger partial charge in [0.2, 0.25) is 5.75 Å². The molecule has 0 saturated carbocycles. The number of hydrogen-bond acceptors (Lipinski definition) is 7. The molecule has 0 spiro atoms. The summed E-state index contributed by atoms with van der Waals surface area (Å²) in [6.45, 7) is 0.165. The number of nitrogens with zero attached hydrogens (tertiary/aromatic N) is 1. The Hall–Kier alpha value is -3.00. The van der Waals surface area contributed by atoms with Gasteiger partial charge in [-0.2, -0.15) is 0 Å². The summed E-state index contributed by atoms with van der Waals surface area (Å²) in [5, 5.41) is 20.9. The van der Waals surface area contributed by atoms with Crippen molar-refractivity contribution < 1.29 is 29.0 Å². The number of aromatic hydroxyl groups is 1. The van der Waals surface area contributed by atoms with E-state index in [1.54, 1.807) is 30.3 Å². The van der Waals surface area contributed by atoms with Gasteiger partial charge in [-0.25, -0.2) is 0 Å². The molecular weight excluding hydrogens is 318 g/mol. The standard InChI is InChI=1S/C16H17NO7/c1-21-11-24-15-8-4-7-14(16(15)18)23-10-9-22-13-6-3-2-5-12(13)17(19)20/h2-8,18H,9-11H2,1H3. The van der Waals surface area contributed by atoms with Gasteiger partial charge in [0.1, 0.15) is 13.2 Å². The fourth-order valence-corrected chi connectivity index (χ4v) is 1.89. The predicted octanol–water partition coefficient (Wildman–Crippen LogP) is 2.74. The third-order valence-corrected chi connectivity index (χ3v) is 2.95. The van der Waals surface area contributed by atoms with Gasteiger partial charge in [-0.15, -0.1) is 0 Å². The number of para-hydroxylation sites is 3. The highest BCUT2D eigenvalue weighted by molar-refractivity contribution is 5.50. The summed E-state index contributed by atoms with van der Waals surface area (Å²) in [4.78, 5) is 10.4. The number of methoxy groups -OCH3 is 1. The van der Waals surface area contributed by atoms with Crippen molar-refractivity contribution in [3.05, 3.63) is 52.6 Å². The zero-order valence-electron chi connectivity index (χ0n) is 13.0. The molecule has 0 radical (unpaired) electrons. The zero-order valence-corrected chi connectivity index (χ0v) is 13.0. The molecule has 8 nitrogen and oxygen atoms in total. The van der Waals surface area contributed by atoms with Crippen molar-refractivity contribution in [2.24, 2.45) is 0 Å². The van der Waals surface area contributed by atoms with Crippen LogP contribution in [0.2, 0.25) is 0 Å². The second-order valence-electron chi connectivity index (χ2n) is 4.58. The second kappa shape index (κ2) is 8.59. The molecule has 0 fully saturated rings. The fraction of sp³-hybridized carbons (Fsp3) is 0.250. The molecule has 2 rings (SSSR count). The van der Waals surface area contributed by atoms with E-state index in [9.17, 15) is 15.2 Å². The molecule has 0 bridgehead atoms. The van der Waals surface area contributed by atoms with Crippen LogP contribution in [0, 0.1) is 10.1 Å². The molecule has 24 heavy (non-hydrogen) atoms. The Morgan fingerprint density at radius 3 is 2.21 bits per heavy atom. The molecule has 0 atom stereocenters. The predicted molar refractivity (Wildman–Crippen MR) is 84.7 cm³/mol. The maximum absolute atomic E-state index is 10.9. The minimum absolute atomic E-state index is 0.00218. The second-order valence-corrected chi connectivity index (χ2v) is 4.58. The van der Waals surface area contributed by atoms with E-state index in [-0.39, 0.29) is 48.7 Å². The lowest BCUT2D eigenvalue weighted by Gasteiger charge is -2.12. The first-order valence-corrected chi connectivity index (χ1v) is 7.06. The van der Waals surface area contributed by atoms with Crippen LogP contribution in [0.1, 0.15) is 0 Å². The number of phenols is 1. The Balaban J connectivity index is 1.90. The van der Waals surface area contributed by atoms with Crippen molar-refractivity contribution >= 4 is 5.69 Å². The van der Waals surface area contributed by atoms with E-state index < -0.39 is 4.92 Å². The third kappa shape index (κ3) is 4.50. The van der Waals surface area contributed by atoms with E-state index in [1.165, 1.54) is 19.2 Å². The minimum Gasteiger partial charge on any atom is -0.502 e. The molecule has 0 saturated heterocycles. The summed E-state index contributed by atoms with van der Waals surface area (Å²) in [6.07, 6.45) is 0. The van der Waals surface area contributed by atoms with Crippen LogP contribution in [0.3, 0.4) is 0 Å². The molecule has 0 amide bonds. The maximum Gasteiger partial charge on any atom is 0.310 e. The Morgan fingerprint density at radius 2 is 1.54 bits per heavy atom. The normalized spacial score (nSPS) is 10.2. The van der Waals surface area contributed by atoms with Crippen LogP contribution in [0.15, 0.2) is 42.5 Å². The molecule has 2 aromatic carbocycles. The summed E-state index contributed by atoms with van der Waals surface area (Å²) in [5.74, 6) is 0.455. The molecule has 1 N–H and O–H groups in total. The summed E-state index contributed by atoms with van der Waals surface area (Å²) in [5.41, 5.74) is -0.115. The van der Waals surface area contributed by atoms with Crippen molar-refractivity contribution in [2.45, 2.75) is 0 Å². The molecule has 0 aliphatic heterocycles. The molecular formula is C16H17NO7. The summed E-state index contributed by atoms with van der Waals surface area (Å²) >= 11 is 0. The number of ether oxygens (including phenoxy) is 4. The van der Waals surface area contributed by atoms with Crippen molar-refractivity contribution in [3.8, 4) is 23.0 Å². The van der Waals surface area contributed by atoms with E-state index >= 15 is 0 Å². The lowest BCUT2D eigenvalue weighted by Crippen LogP contribution is -2.10. The van der Waals surface area contributed by atoms with Crippen LogP contribution >= 0.6 is 0 Å². The summed E-state index contributed by atoms with van der Waals surface area (Å²) in [6, 6.07) is 10.9. The van der Waals surface area contributed by atoms with Crippen molar-refractivity contribution in [2.75, 3.05) is 27.1 Å². The Labute approximate surface area is 138 Å². The highest BCUT2D eigenvalue weighted by Gasteiger charge is 2.14. The topological polar surface area (TPSA) is 100 Å². The van der Waals surface area contributed by atoms with Crippen LogP contribution in [-0.2, 0) is 4.74 Å². The van der Waals surface area contributed by atoms with Gasteiger partial charge in [0, 0.05) is 13.2 Å². The van der Waals surface area contributed by atoms with Crippen LogP contribution < -0.4 is 14.2 Å². The monoisotopic (exact) mass is 335 g/mol. The Morgan fingerprint density at radius 1 is 0.958 bits per heavy atom. The van der Waals surface area contributed by atoms with Crippen LogP contribution in [0.25, 0.3) is 0 Å². The SMILES string of the molecule is COCOc1cccc(OCCOc2ccccc2[N+](=O)[O-])c1O. The maximum atomic E-state index is 10.9. The largest absolute Gasteiger partial charge is 0.502 e. The van der Waals surface area contributed by atoms with Gasteiger partial charge in [0.05, 0.1) is 4.92 Å².